The van der Waals surface area contributed by atoms with Gasteiger partial charge in [-0.1, -0.05) is 0 Å². The van der Waals surface area contributed by atoms with E-state index in [9.17, 15) is 5.11 Å². The Bertz CT molecular complexity index is 1190. The summed E-state index contributed by atoms with van der Waals surface area (Å²) in [6, 6.07) is 7.52. The van der Waals surface area contributed by atoms with Crippen molar-refractivity contribution in [3.8, 4) is 28.4 Å². The summed E-state index contributed by atoms with van der Waals surface area (Å²) in [5, 5.41) is 19.0. The second-order valence-corrected chi connectivity index (χ2v) is 5.77. The van der Waals surface area contributed by atoms with E-state index in [0.717, 1.165) is 44.5 Å². The van der Waals surface area contributed by atoms with Crippen LogP contribution in [0.25, 0.3) is 44.5 Å². The lowest BCUT2D eigenvalue weighted by atomic mass is 10.1. The molecule has 0 aliphatic rings. The largest absolute Gasteiger partial charge is 0.506 e. The second-order valence-electron chi connectivity index (χ2n) is 5.77. The van der Waals surface area contributed by atoms with Crippen LogP contribution in [0.3, 0.4) is 0 Å². The van der Waals surface area contributed by atoms with E-state index in [4.69, 9.17) is 0 Å². The Balaban J connectivity index is 1.70. The third-order valence-electron chi connectivity index (χ3n) is 4.14. The van der Waals surface area contributed by atoms with Crippen LogP contribution in [0.5, 0.6) is 5.75 Å². The van der Waals surface area contributed by atoms with E-state index in [2.05, 4.69) is 30.1 Å². The quantitative estimate of drug-likeness (QED) is 0.461. The van der Waals surface area contributed by atoms with E-state index < -0.39 is 0 Å². The Hall–Kier alpha value is -3.74. The fourth-order valence-electron chi connectivity index (χ4n) is 2.95. The molecular weight excluding hydrogens is 316 g/mol. The first kappa shape index (κ1) is 13.7. The number of hydrogen-bond acceptors (Lipinski definition) is 5. The van der Waals surface area contributed by atoms with Gasteiger partial charge < -0.3 is 10.1 Å². The lowest BCUT2D eigenvalue weighted by Crippen LogP contribution is -1.85. The van der Waals surface area contributed by atoms with Gasteiger partial charge in [0.15, 0.2) is 0 Å². The van der Waals surface area contributed by atoms with Crippen LogP contribution in [0.15, 0.2) is 55.2 Å². The molecule has 0 fully saturated rings. The second kappa shape index (κ2) is 5.13. The van der Waals surface area contributed by atoms with Crippen molar-refractivity contribution in [3.05, 3.63) is 55.2 Å². The normalized spacial score (nSPS) is 11.4. The van der Waals surface area contributed by atoms with Crippen LogP contribution in [-0.4, -0.2) is 35.2 Å². The number of pyridine rings is 3. The van der Waals surface area contributed by atoms with Crippen LogP contribution < -0.4 is 0 Å². The molecule has 5 heterocycles. The average molecular weight is 328 g/mol. The average Bonchev–Trinajstić information content (AvgIpc) is 3.24. The van der Waals surface area contributed by atoms with Crippen LogP contribution in [0.4, 0.5) is 0 Å². The minimum atomic E-state index is 0.106. The summed E-state index contributed by atoms with van der Waals surface area (Å²) in [6.45, 7) is 0. The fourth-order valence-corrected chi connectivity index (χ4v) is 2.95. The van der Waals surface area contributed by atoms with Crippen molar-refractivity contribution in [2.45, 2.75) is 0 Å². The minimum absolute atomic E-state index is 0.106. The van der Waals surface area contributed by atoms with Crippen molar-refractivity contribution < 1.29 is 5.11 Å². The molecule has 0 saturated carbocycles. The maximum atomic E-state index is 9.64. The lowest BCUT2D eigenvalue weighted by Gasteiger charge is -2.01. The van der Waals surface area contributed by atoms with Gasteiger partial charge in [0.1, 0.15) is 11.4 Å². The van der Waals surface area contributed by atoms with E-state index in [0.29, 0.717) is 0 Å². The summed E-state index contributed by atoms with van der Waals surface area (Å²) in [6.07, 6.45) is 8.36. The topological polar surface area (TPSA) is 103 Å². The van der Waals surface area contributed by atoms with E-state index in [1.165, 1.54) is 6.20 Å². The Morgan fingerprint density at radius 1 is 0.920 bits per heavy atom. The number of rotatable bonds is 2. The van der Waals surface area contributed by atoms with E-state index in [1.54, 1.807) is 24.7 Å². The number of fused-ring (bicyclic) bond motifs is 2. The maximum Gasteiger partial charge on any atom is 0.134 e. The van der Waals surface area contributed by atoms with Crippen molar-refractivity contribution >= 4 is 21.8 Å². The molecule has 0 spiro atoms. The molecular formula is C18H12N6O. The molecule has 0 aromatic carbocycles. The minimum Gasteiger partial charge on any atom is -0.506 e. The van der Waals surface area contributed by atoms with Crippen LogP contribution in [0, 0.1) is 0 Å². The molecule has 3 N–H and O–H groups in total. The molecule has 0 amide bonds. The van der Waals surface area contributed by atoms with Gasteiger partial charge in [0.05, 0.1) is 29.3 Å². The number of nitrogens with one attached hydrogen (secondary N) is 2. The molecule has 5 aromatic rings. The van der Waals surface area contributed by atoms with Crippen molar-refractivity contribution in [1.82, 2.24) is 30.1 Å². The van der Waals surface area contributed by atoms with Gasteiger partial charge in [0.2, 0.25) is 0 Å². The summed E-state index contributed by atoms with van der Waals surface area (Å²) in [7, 11) is 0. The Morgan fingerprint density at radius 3 is 2.76 bits per heavy atom. The smallest absolute Gasteiger partial charge is 0.134 e. The lowest BCUT2D eigenvalue weighted by molar-refractivity contribution is 0.473. The predicted molar refractivity (Wildman–Crippen MR) is 93.9 cm³/mol. The molecule has 0 atom stereocenters. The zero-order valence-corrected chi connectivity index (χ0v) is 12.9. The Labute approximate surface area is 141 Å². The van der Waals surface area contributed by atoms with E-state index in [-0.39, 0.29) is 5.75 Å². The van der Waals surface area contributed by atoms with Crippen LogP contribution in [0.1, 0.15) is 0 Å². The third kappa shape index (κ3) is 2.21. The van der Waals surface area contributed by atoms with Crippen molar-refractivity contribution in [1.29, 1.82) is 0 Å². The summed E-state index contributed by atoms with van der Waals surface area (Å²) in [4.78, 5) is 15.9. The molecule has 0 radical (unpaired) electrons. The zero-order chi connectivity index (χ0) is 16.8. The van der Waals surface area contributed by atoms with Crippen LogP contribution in [0.2, 0.25) is 0 Å². The fraction of sp³-hybridized carbons (Fsp3) is 0. The maximum absolute atomic E-state index is 9.64. The summed E-state index contributed by atoms with van der Waals surface area (Å²) < 4.78 is 0. The van der Waals surface area contributed by atoms with Crippen LogP contribution >= 0.6 is 0 Å². The van der Waals surface area contributed by atoms with E-state index >= 15 is 0 Å². The monoisotopic (exact) mass is 328 g/mol. The van der Waals surface area contributed by atoms with Gasteiger partial charge in [-0.25, -0.2) is 0 Å². The third-order valence-corrected chi connectivity index (χ3v) is 4.14. The molecule has 7 nitrogen and oxygen atoms in total. The number of aromatic nitrogens is 6. The summed E-state index contributed by atoms with van der Waals surface area (Å²) in [5.41, 5.74) is 5.02. The first-order valence-electron chi connectivity index (χ1n) is 7.69. The summed E-state index contributed by atoms with van der Waals surface area (Å²) in [5.74, 6) is 0.106. The van der Waals surface area contributed by atoms with Crippen molar-refractivity contribution in [2.75, 3.05) is 0 Å². The molecule has 0 unspecified atom stereocenters. The number of aromatic hydroxyl groups is 1. The van der Waals surface area contributed by atoms with Gasteiger partial charge in [0.25, 0.3) is 0 Å². The molecule has 0 bridgehead atoms. The molecule has 0 aliphatic carbocycles. The SMILES string of the molecule is Oc1cncc(-c2cc3c(-c4cc5cnccc5[nH]4)n[nH]c3cn2)c1. The highest BCUT2D eigenvalue weighted by molar-refractivity contribution is 5.96. The molecule has 25 heavy (non-hydrogen) atoms. The molecule has 5 rings (SSSR count). The number of nitrogens with zero attached hydrogens (tertiary/aromatic N) is 4. The van der Waals surface area contributed by atoms with Crippen molar-refractivity contribution in [2.24, 2.45) is 0 Å². The summed E-state index contributed by atoms with van der Waals surface area (Å²) >= 11 is 0. The van der Waals surface area contributed by atoms with Crippen molar-refractivity contribution in [3.63, 3.8) is 0 Å². The van der Waals surface area contributed by atoms with Gasteiger partial charge >= 0.3 is 0 Å². The van der Waals surface area contributed by atoms with Gasteiger partial charge in [-0.15, -0.1) is 0 Å². The Kier molecular flexibility index (Phi) is 2.81. The Morgan fingerprint density at radius 2 is 1.88 bits per heavy atom. The number of hydrogen-bond donors (Lipinski definition) is 3. The standard InChI is InChI=1S/C18H12N6O/c25-12-3-10(7-20-8-12)15-5-13-17(9-21-15)23-24-18(13)16-4-11-6-19-2-1-14(11)22-16/h1-9,22,25H,(H,23,24). The molecule has 7 heteroatoms. The van der Waals surface area contributed by atoms with Gasteiger partial charge in [-0.05, 0) is 24.3 Å². The molecule has 0 aliphatic heterocycles. The molecule has 120 valence electrons. The number of aromatic amines is 2. The zero-order valence-electron chi connectivity index (χ0n) is 12.9. The predicted octanol–water partition coefficient (Wildman–Crippen LogP) is 3.27. The first-order chi connectivity index (χ1) is 12.3. The number of H-pyrrole nitrogens is 2. The highest BCUT2D eigenvalue weighted by Crippen LogP contribution is 2.30. The first-order valence-corrected chi connectivity index (χ1v) is 7.69. The van der Waals surface area contributed by atoms with Crippen LogP contribution in [-0.2, 0) is 0 Å². The highest BCUT2D eigenvalue weighted by atomic mass is 16.3. The van der Waals surface area contributed by atoms with Gasteiger partial charge in [-0.2, -0.15) is 5.10 Å². The molecule has 0 saturated heterocycles. The molecule has 5 aromatic heterocycles. The van der Waals surface area contributed by atoms with Gasteiger partial charge in [0, 0.05) is 40.4 Å². The highest BCUT2D eigenvalue weighted by Gasteiger charge is 2.13. The van der Waals surface area contributed by atoms with Gasteiger partial charge in [-0.3, -0.25) is 20.1 Å². The van der Waals surface area contributed by atoms with E-state index in [1.807, 2.05) is 24.4 Å².